The Kier molecular flexibility index (Phi) is 10.1. The van der Waals surface area contributed by atoms with Gasteiger partial charge in [0.05, 0.1) is 23.1 Å². The lowest BCUT2D eigenvalue weighted by Crippen LogP contribution is -2.47. The molecule has 0 saturated carbocycles. The standard InChI is InChI=1S/C34H41N3O7Si/c1-23(19-25-13-10-14-26(20-25)37(41)42)36(33(39)40)21-30(44-45(5,6)34(2,3)4)27-15-17-29(32-28(27)16-18-31(38)35-32)43-22-24-11-8-7-9-12-24/h7-18,20,23,30H,19,21-22H2,1-6H3,(H,35,38)(H,39,40)/t23?,30-/m0/s1. The Morgan fingerprint density at radius 3 is 2.36 bits per heavy atom. The maximum absolute atomic E-state index is 12.7. The van der Waals surface area contributed by atoms with Gasteiger partial charge in [0, 0.05) is 29.6 Å². The van der Waals surface area contributed by atoms with Gasteiger partial charge in [-0.25, -0.2) is 4.79 Å². The van der Waals surface area contributed by atoms with Crippen molar-refractivity contribution < 1.29 is 24.0 Å². The first-order chi connectivity index (χ1) is 21.2. The highest BCUT2D eigenvalue weighted by molar-refractivity contribution is 6.74. The van der Waals surface area contributed by atoms with Crippen molar-refractivity contribution in [2.24, 2.45) is 0 Å². The summed E-state index contributed by atoms with van der Waals surface area (Å²) in [6, 6.07) is 22.2. The van der Waals surface area contributed by atoms with Crippen LogP contribution in [0, 0.1) is 10.1 Å². The Hall–Kier alpha value is -4.48. The zero-order valence-corrected chi connectivity index (χ0v) is 27.6. The van der Waals surface area contributed by atoms with Gasteiger partial charge in [0.2, 0.25) is 5.56 Å². The molecular formula is C34H41N3O7Si. The molecule has 1 heterocycles. The number of non-ortho nitro benzene ring substituents is 1. The van der Waals surface area contributed by atoms with E-state index in [1.807, 2.05) is 36.4 Å². The van der Waals surface area contributed by atoms with E-state index in [0.717, 1.165) is 11.1 Å². The molecule has 1 unspecified atom stereocenters. The normalized spacial score (nSPS) is 13.3. The van der Waals surface area contributed by atoms with Crippen LogP contribution in [-0.4, -0.2) is 46.9 Å². The van der Waals surface area contributed by atoms with E-state index < -0.39 is 31.5 Å². The average molecular weight is 632 g/mol. The van der Waals surface area contributed by atoms with Gasteiger partial charge in [-0.05, 0) is 60.3 Å². The van der Waals surface area contributed by atoms with Crippen LogP contribution in [0.5, 0.6) is 5.75 Å². The lowest BCUT2D eigenvalue weighted by molar-refractivity contribution is -0.384. The number of nitrogens with one attached hydrogen (secondary N) is 1. The molecule has 3 aromatic carbocycles. The predicted molar refractivity (Wildman–Crippen MR) is 177 cm³/mol. The topological polar surface area (TPSA) is 135 Å². The number of aromatic nitrogens is 1. The molecule has 11 heteroatoms. The number of fused-ring (bicyclic) bond motifs is 1. The second-order valence-electron chi connectivity index (χ2n) is 12.8. The zero-order valence-electron chi connectivity index (χ0n) is 26.6. The maximum Gasteiger partial charge on any atom is 0.407 e. The van der Waals surface area contributed by atoms with Crippen LogP contribution in [0.2, 0.25) is 18.1 Å². The number of nitro benzene ring substituents is 1. The molecule has 45 heavy (non-hydrogen) atoms. The third-order valence-corrected chi connectivity index (χ3v) is 13.0. The Labute approximate surface area is 263 Å². The molecule has 1 aromatic heterocycles. The molecule has 0 bridgehead atoms. The van der Waals surface area contributed by atoms with E-state index in [-0.39, 0.29) is 29.3 Å². The van der Waals surface area contributed by atoms with Gasteiger partial charge in [-0.2, -0.15) is 0 Å². The summed E-state index contributed by atoms with van der Waals surface area (Å²) >= 11 is 0. The minimum atomic E-state index is -2.45. The number of nitrogens with zero attached hydrogens (tertiary/aromatic N) is 2. The van der Waals surface area contributed by atoms with Gasteiger partial charge < -0.3 is 24.2 Å². The molecule has 10 nitrogen and oxygen atoms in total. The molecule has 2 atom stereocenters. The van der Waals surface area contributed by atoms with E-state index in [0.29, 0.717) is 28.8 Å². The first-order valence-corrected chi connectivity index (χ1v) is 17.8. The first kappa shape index (κ1) is 33.4. The highest BCUT2D eigenvalue weighted by Crippen LogP contribution is 2.42. The number of H-pyrrole nitrogens is 1. The van der Waals surface area contributed by atoms with Gasteiger partial charge in [-0.15, -0.1) is 0 Å². The summed E-state index contributed by atoms with van der Waals surface area (Å²) in [7, 11) is -2.45. The van der Waals surface area contributed by atoms with Crippen molar-refractivity contribution in [1.82, 2.24) is 9.88 Å². The van der Waals surface area contributed by atoms with Crippen LogP contribution in [0.1, 0.15) is 50.5 Å². The molecule has 0 aliphatic carbocycles. The number of carboxylic acid groups (broad SMARTS) is 1. The van der Waals surface area contributed by atoms with E-state index in [9.17, 15) is 24.8 Å². The van der Waals surface area contributed by atoms with E-state index in [1.165, 1.54) is 23.1 Å². The Morgan fingerprint density at radius 1 is 1.02 bits per heavy atom. The Bertz CT molecular complexity index is 1720. The van der Waals surface area contributed by atoms with Gasteiger partial charge in [-0.1, -0.05) is 69.3 Å². The number of amides is 1. The number of pyridine rings is 1. The van der Waals surface area contributed by atoms with Crippen molar-refractivity contribution >= 4 is 31.0 Å². The van der Waals surface area contributed by atoms with E-state index >= 15 is 0 Å². The smallest absolute Gasteiger partial charge is 0.407 e. The highest BCUT2D eigenvalue weighted by Gasteiger charge is 2.41. The van der Waals surface area contributed by atoms with Gasteiger partial charge in [0.15, 0.2) is 8.32 Å². The third kappa shape index (κ3) is 8.17. The Balaban J connectivity index is 1.74. The number of benzene rings is 3. The summed E-state index contributed by atoms with van der Waals surface area (Å²) in [5.74, 6) is 0.496. The zero-order chi connectivity index (χ0) is 32.9. The Morgan fingerprint density at radius 2 is 1.71 bits per heavy atom. The fourth-order valence-corrected chi connectivity index (χ4v) is 6.26. The molecule has 0 spiro atoms. The van der Waals surface area contributed by atoms with Gasteiger partial charge in [0.25, 0.3) is 5.69 Å². The molecule has 0 aliphatic rings. The quantitative estimate of drug-likeness (QED) is 0.0930. The van der Waals surface area contributed by atoms with Crippen molar-refractivity contribution in [3.8, 4) is 5.75 Å². The number of hydrogen-bond acceptors (Lipinski definition) is 6. The SMILES string of the molecule is CC(Cc1cccc([N+](=O)[O-])c1)N(C[C@H](O[Si](C)(C)C(C)(C)C)c1ccc(OCc2ccccc2)c2[nH]c(=O)ccc12)C(=O)O. The number of carbonyl (C=O) groups is 1. The van der Waals surface area contributed by atoms with Crippen molar-refractivity contribution in [2.45, 2.75) is 71.0 Å². The van der Waals surface area contributed by atoms with Crippen molar-refractivity contribution in [2.75, 3.05) is 6.54 Å². The molecule has 4 aromatic rings. The number of rotatable bonds is 12. The summed E-state index contributed by atoms with van der Waals surface area (Å²) in [6.07, 6.45) is -1.52. The van der Waals surface area contributed by atoms with E-state index in [2.05, 4.69) is 38.8 Å². The predicted octanol–water partition coefficient (Wildman–Crippen LogP) is 7.69. The molecule has 0 radical (unpaired) electrons. The number of ether oxygens (including phenoxy) is 1. The lowest BCUT2D eigenvalue weighted by atomic mass is 10.0. The van der Waals surface area contributed by atoms with E-state index in [4.69, 9.17) is 9.16 Å². The van der Waals surface area contributed by atoms with Gasteiger partial charge >= 0.3 is 6.09 Å². The highest BCUT2D eigenvalue weighted by atomic mass is 28.4. The molecule has 2 N–H and O–H groups in total. The number of aromatic amines is 1. The van der Waals surface area contributed by atoms with Crippen molar-refractivity contribution in [3.05, 3.63) is 116 Å². The minimum absolute atomic E-state index is 0.0103. The van der Waals surface area contributed by atoms with Crippen LogP contribution in [0.15, 0.2) is 83.7 Å². The second kappa shape index (κ2) is 13.7. The molecular weight excluding hydrogens is 590 g/mol. The molecule has 0 fully saturated rings. The summed E-state index contributed by atoms with van der Waals surface area (Å²) in [6.45, 7) is 12.7. The molecule has 0 aliphatic heterocycles. The molecule has 0 saturated heterocycles. The molecule has 238 valence electrons. The van der Waals surface area contributed by atoms with Crippen molar-refractivity contribution in [1.29, 1.82) is 0 Å². The molecule has 1 amide bonds. The summed E-state index contributed by atoms with van der Waals surface area (Å²) < 4.78 is 13.1. The molecule has 4 rings (SSSR count). The second-order valence-corrected chi connectivity index (χ2v) is 17.6. The van der Waals surface area contributed by atoms with Gasteiger partial charge in [-0.3, -0.25) is 14.9 Å². The first-order valence-electron chi connectivity index (χ1n) is 14.9. The van der Waals surface area contributed by atoms with Crippen LogP contribution >= 0.6 is 0 Å². The summed E-state index contributed by atoms with van der Waals surface area (Å²) in [4.78, 5) is 40.3. The fourth-order valence-electron chi connectivity index (χ4n) is 4.99. The average Bonchev–Trinajstić information content (AvgIpc) is 2.97. The van der Waals surface area contributed by atoms with E-state index in [1.54, 1.807) is 31.2 Å². The van der Waals surface area contributed by atoms with Crippen molar-refractivity contribution in [3.63, 3.8) is 0 Å². The van der Waals surface area contributed by atoms with Crippen LogP contribution in [-0.2, 0) is 17.5 Å². The fraction of sp³-hybridized carbons (Fsp3) is 0.353. The minimum Gasteiger partial charge on any atom is -0.487 e. The lowest BCUT2D eigenvalue weighted by Gasteiger charge is -2.41. The monoisotopic (exact) mass is 631 g/mol. The van der Waals surface area contributed by atoms with Crippen LogP contribution in [0.3, 0.4) is 0 Å². The van der Waals surface area contributed by atoms with Crippen LogP contribution < -0.4 is 10.3 Å². The summed E-state index contributed by atoms with van der Waals surface area (Å²) in [5, 5.41) is 22.2. The largest absolute Gasteiger partial charge is 0.487 e. The maximum atomic E-state index is 12.7. The van der Waals surface area contributed by atoms with Crippen LogP contribution in [0.25, 0.3) is 10.9 Å². The van der Waals surface area contributed by atoms with Crippen LogP contribution in [0.4, 0.5) is 10.5 Å². The summed E-state index contributed by atoms with van der Waals surface area (Å²) in [5.41, 5.74) is 2.53. The number of hydrogen-bond donors (Lipinski definition) is 2. The third-order valence-electron chi connectivity index (χ3n) is 8.51. The van der Waals surface area contributed by atoms with Gasteiger partial charge in [0.1, 0.15) is 12.4 Å². The number of nitro groups is 1.